The minimum absolute atomic E-state index is 0.145. The highest BCUT2D eigenvalue weighted by Crippen LogP contribution is 2.30. The number of rotatable bonds is 12. The molecule has 0 bridgehead atoms. The van der Waals surface area contributed by atoms with Crippen molar-refractivity contribution in [3.8, 4) is 17.2 Å². The number of benzene rings is 3. The summed E-state index contributed by atoms with van der Waals surface area (Å²) in [5, 5.41) is 6.60. The third kappa shape index (κ3) is 6.26. The van der Waals surface area contributed by atoms with E-state index in [0.29, 0.717) is 42.5 Å². The quantitative estimate of drug-likeness (QED) is 0.272. The Hall–Kier alpha value is -4.46. The third-order valence-electron chi connectivity index (χ3n) is 6.25. The number of ether oxygens (including phenoxy) is 3. The molecule has 0 aliphatic heterocycles. The molecule has 0 atom stereocenters. The molecule has 0 spiro atoms. The fraction of sp³-hybridized carbons (Fsp3) is 0.267. The topological polar surface area (TPSA) is 90.8 Å². The van der Waals surface area contributed by atoms with E-state index in [1.165, 1.54) is 0 Å². The first-order chi connectivity index (χ1) is 18.5. The predicted octanol–water partition coefficient (Wildman–Crippen LogP) is 4.48. The highest BCUT2D eigenvalue weighted by Gasteiger charge is 2.20. The maximum absolute atomic E-state index is 13.2. The largest absolute Gasteiger partial charge is 0.493 e. The van der Waals surface area contributed by atoms with Crippen LogP contribution in [0.1, 0.15) is 28.5 Å². The van der Waals surface area contributed by atoms with Crippen molar-refractivity contribution >= 4 is 22.7 Å². The highest BCUT2D eigenvalue weighted by molar-refractivity contribution is 6.08. The molecule has 0 saturated heterocycles. The number of amides is 2. The van der Waals surface area contributed by atoms with Gasteiger partial charge in [0, 0.05) is 29.7 Å². The van der Waals surface area contributed by atoms with Gasteiger partial charge in [0.25, 0.3) is 11.8 Å². The van der Waals surface area contributed by atoms with Gasteiger partial charge in [-0.25, -0.2) is 0 Å². The monoisotopic (exact) mass is 515 g/mol. The van der Waals surface area contributed by atoms with E-state index in [2.05, 4.69) is 15.2 Å². The Morgan fingerprint density at radius 1 is 0.895 bits per heavy atom. The van der Waals surface area contributed by atoms with E-state index < -0.39 is 0 Å². The van der Waals surface area contributed by atoms with Gasteiger partial charge in [-0.15, -0.1) is 0 Å². The zero-order valence-corrected chi connectivity index (χ0v) is 22.0. The molecule has 198 valence electrons. The molecule has 8 heteroatoms. The lowest BCUT2D eigenvalue weighted by molar-refractivity contribution is -0.123. The van der Waals surface area contributed by atoms with Crippen molar-refractivity contribution in [2.45, 2.75) is 26.9 Å². The normalized spacial score (nSPS) is 10.7. The summed E-state index contributed by atoms with van der Waals surface area (Å²) in [5.74, 6) is 1.36. The first kappa shape index (κ1) is 26.6. The van der Waals surface area contributed by atoms with Gasteiger partial charge in [-0.3, -0.25) is 9.59 Å². The zero-order chi connectivity index (χ0) is 26.9. The van der Waals surface area contributed by atoms with E-state index in [-0.39, 0.29) is 18.4 Å². The van der Waals surface area contributed by atoms with Crippen molar-refractivity contribution in [3.63, 3.8) is 0 Å². The van der Waals surface area contributed by atoms with Gasteiger partial charge in [-0.2, -0.15) is 0 Å². The van der Waals surface area contributed by atoms with Crippen LogP contribution in [0.15, 0.2) is 72.8 Å². The third-order valence-corrected chi connectivity index (χ3v) is 6.25. The van der Waals surface area contributed by atoms with Crippen LogP contribution in [0.25, 0.3) is 10.9 Å². The fourth-order valence-corrected chi connectivity index (χ4v) is 4.40. The average Bonchev–Trinajstić information content (AvgIpc) is 3.23. The van der Waals surface area contributed by atoms with E-state index in [1.807, 2.05) is 86.6 Å². The molecule has 38 heavy (non-hydrogen) atoms. The number of para-hydroxylation sites is 2. The van der Waals surface area contributed by atoms with Crippen LogP contribution in [0.5, 0.6) is 17.2 Å². The Labute approximate surface area is 222 Å². The van der Waals surface area contributed by atoms with Gasteiger partial charge in [0.1, 0.15) is 12.4 Å². The van der Waals surface area contributed by atoms with E-state index in [4.69, 9.17) is 14.2 Å². The van der Waals surface area contributed by atoms with Gasteiger partial charge in [-0.1, -0.05) is 42.5 Å². The van der Waals surface area contributed by atoms with Crippen LogP contribution >= 0.6 is 0 Å². The van der Waals surface area contributed by atoms with Crippen molar-refractivity contribution in [3.05, 3.63) is 89.6 Å². The number of aromatic nitrogens is 1. The number of hydrogen-bond acceptors (Lipinski definition) is 5. The van der Waals surface area contributed by atoms with Gasteiger partial charge >= 0.3 is 0 Å². The minimum Gasteiger partial charge on any atom is -0.493 e. The molecule has 0 radical (unpaired) electrons. The molecule has 8 nitrogen and oxygen atoms in total. The zero-order valence-electron chi connectivity index (χ0n) is 22.0. The summed E-state index contributed by atoms with van der Waals surface area (Å²) in [5.41, 5.74) is 3.47. The maximum Gasteiger partial charge on any atom is 0.258 e. The van der Waals surface area contributed by atoms with Crippen molar-refractivity contribution in [2.24, 2.45) is 0 Å². The average molecular weight is 516 g/mol. The first-order valence-corrected chi connectivity index (χ1v) is 12.6. The number of nitrogens with one attached hydrogen (secondary N) is 2. The van der Waals surface area contributed by atoms with Gasteiger partial charge in [0.05, 0.1) is 19.2 Å². The molecule has 0 saturated carbocycles. The number of hydrogen-bond donors (Lipinski definition) is 2. The van der Waals surface area contributed by atoms with E-state index in [1.54, 1.807) is 7.11 Å². The standard InChI is InChI=1S/C30H33N3O5/c1-4-33-21(2)29(30(35)32-19-22-10-6-5-7-11-22)24-18-23(14-15-25(24)33)38-20-28(34)31-16-17-37-27-13-9-8-12-26(27)36-3/h5-15,18H,4,16-17,19-20H2,1-3H3,(H,31,34)(H,32,35). The lowest BCUT2D eigenvalue weighted by atomic mass is 10.1. The summed E-state index contributed by atoms with van der Waals surface area (Å²) < 4.78 is 18.8. The molecular formula is C30H33N3O5. The molecule has 0 aliphatic carbocycles. The number of methoxy groups -OCH3 is 1. The second kappa shape index (κ2) is 12.7. The number of nitrogens with zero attached hydrogens (tertiary/aromatic N) is 1. The fourth-order valence-electron chi connectivity index (χ4n) is 4.40. The number of carbonyl (C=O) groups is 2. The Bertz CT molecular complexity index is 1400. The summed E-state index contributed by atoms with van der Waals surface area (Å²) in [6.45, 7) is 5.63. The molecule has 2 amide bonds. The van der Waals surface area contributed by atoms with E-state index in [9.17, 15) is 9.59 Å². The molecule has 1 aromatic heterocycles. The summed E-state index contributed by atoms with van der Waals surface area (Å²) in [6.07, 6.45) is 0. The van der Waals surface area contributed by atoms with Crippen molar-refractivity contribution in [2.75, 3.05) is 26.9 Å². The lowest BCUT2D eigenvalue weighted by Crippen LogP contribution is -2.32. The number of carbonyl (C=O) groups excluding carboxylic acids is 2. The molecular weight excluding hydrogens is 482 g/mol. The smallest absolute Gasteiger partial charge is 0.258 e. The molecule has 3 aromatic carbocycles. The van der Waals surface area contributed by atoms with Crippen LogP contribution in [-0.4, -0.2) is 43.2 Å². The number of aryl methyl sites for hydroxylation is 1. The summed E-state index contributed by atoms with van der Waals surface area (Å²) in [4.78, 5) is 25.5. The second-order valence-corrected chi connectivity index (χ2v) is 8.69. The molecule has 4 rings (SSSR count). The molecule has 0 aliphatic rings. The summed E-state index contributed by atoms with van der Waals surface area (Å²) in [6, 6.07) is 22.7. The molecule has 0 unspecified atom stereocenters. The summed E-state index contributed by atoms with van der Waals surface area (Å²) in [7, 11) is 1.58. The predicted molar refractivity (Wildman–Crippen MR) is 147 cm³/mol. The minimum atomic E-state index is -0.267. The van der Waals surface area contributed by atoms with E-state index >= 15 is 0 Å². The molecule has 4 aromatic rings. The number of fused-ring (bicyclic) bond motifs is 1. The lowest BCUT2D eigenvalue weighted by Gasteiger charge is -2.11. The SMILES string of the molecule is CCn1c(C)c(C(=O)NCc2ccccc2)c2cc(OCC(=O)NCCOc3ccccc3OC)ccc21. The maximum atomic E-state index is 13.2. The van der Waals surface area contributed by atoms with Crippen LogP contribution in [0.4, 0.5) is 0 Å². The second-order valence-electron chi connectivity index (χ2n) is 8.69. The molecule has 1 heterocycles. The van der Waals surface area contributed by atoms with Crippen molar-refractivity contribution in [1.82, 2.24) is 15.2 Å². The van der Waals surface area contributed by atoms with Gasteiger partial charge in [0.2, 0.25) is 0 Å². The van der Waals surface area contributed by atoms with Crippen LogP contribution in [0.2, 0.25) is 0 Å². The van der Waals surface area contributed by atoms with E-state index in [0.717, 1.165) is 28.7 Å². The van der Waals surface area contributed by atoms with Gasteiger partial charge in [-0.05, 0) is 49.7 Å². The first-order valence-electron chi connectivity index (χ1n) is 12.6. The van der Waals surface area contributed by atoms with Crippen molar-refractivity contribution in [1.29, 1.82) is 0 Å². The van der Waals surface area contributed by atoms with Crippen LogP contribution < -0.4 is 24.8 Å². The van der Waals surface area contributed by atoms with Crippen LogP contribution in [0.3, 0.4) is 0 Å². The molecule has 2 N–H and O–H groups in total. The highest BCUT2D eigenvalue weighted by atomic mass is 16.5. The van der Waals surface area contributed by atoms with Crippen molar-refractivity contribution < 1.29 is 23.8 Å². The van der Waals surface area contributed by atoms with Crippen LogP contribution in [0, 0.1) is 6.92 Å². The Kier molecular flexibility index (Phi) is 8.87. The van der Waals surface area contributed by atoms with Gasteiger partial charge < -0.3 is 29.4 Å². The summed E-state index contributed by atoms with van der Waals surface area (Å²) >= 11 is 0. The molecule has 0 fully saturated rings. The van der Waals surface area contributed by atoms with Crippen LogP contribution in [-0.2, 0) is 17.9 Å². The Morgan fingerprint density at radius 3 is 2.37 bits per heavy atom. The Morgan fingerprint density at radius 2 is 1.63 bits per heavy atom. The van der Waals surface area contributed by atoms with Gasteiger partial charge in [0.15, 0.2) is 18.1 Å². The Balaban J connectivity index is 1.36.